The number of benzene rings is 1. The summed E-state index contributed by atoms with van der Waals surface area (Å²) in [6.07, 6.45) is 5.23. The summed E-state index contributed by atoms with van der Waals surface area (Å²) in [6, 6.07) is 9.98. The van der Waals surface area contributed by atoms with Crippen molar-refractivity contribution >= 4 is 11.8 Å². The molecule has 5 heteroatoms. The highest BCUT2D eigenvalue weighted by atomic mass is 16.5. The van der Waals surface area contributed by atoms with Crippen molar-refractivity contribution in [3.8, 4) is 0 Å². The maximum Gasteiger partial charge on any atom is 0.228 e. The van der Waals surface area contributed by atoms with Crippen LogP contribution in [-0.2, 0) is 14.3 Å². The number of carbonyl (C=O) groups excluding carboxylic acids is 2. The third-order valence-electron chi connectivity index (χ3n) is 7.08. The van der Waals surface area contributed by atoms with E-state index in [9.17, 15) is 9.59 Å². The third-order valence-corrected chi connectivity index (χ3v) is 7.08. The van der Waals surface area contributed by atoms with E-state index < -0.39 is 5.72 Å². The molecule has 1 saturated carbocycles. The Balaban J connectivity index is 1.43. The Morgan fingerprint density at radius 3 is 2.62 bits per heavy atom. The predicted octanol–water partition coefficient (Wildman–Crippen LogP) is 2.87. The summed E-state index contributed by atoms with van der Waals surface area (Å²) in [5.41, 5.74) is 0.247. The molecule has 1 spiro atoms. The number of hydrogen-bond acceptors (Lipinski definition) is 3. The molecular formula is C21H26N2O3. The Morgan fingerprint density at radius 1 is 1.15 bits per heavy atom. The van der Waals surface area contributed by atoms with Crippen LogP contribution < -0.4 is 0 Å². The molecule has 1 aromatic carbocycles. The molecule has 0 aromatic heterocycles. The van der Waals surface area contributed by atoms with Crippen LogP contribution >= 0.6 is 0 Å². The molecule has 3 saturated heterocycles. The van der Waals surface area contributed by atoms with Crippen LogP contribution in [0.1, 0.15) is 57.1 Å². The average Bonchev–Trinajstić information content (AvgIpc) is 3.38. The van der Waals surface area contributed by atoms with Gasteiger partial charge in [0, 0.05) is 18.4 Å². The second kappa shape index (κ2) is 5.56. The minimum Gasteiger partial charge on any atom is -0.343 e. The second-order valence-corrected chi connectivity index (χ2v) is 8.60. The Labute approximate surface area is 154 Å². The van der Waals surface area contributed by atoms with Crippen molar-refractivity contribution in [3.63, 3.8) is 0 Å². The van der Waals surface area contributed by atoms with Gasteiger partial charge in [0.25, 0.3) is 0 Å². The molecule has 0 N–H and O–H groups in total. The summed E-state index contributed by atoms with van der Waals surface area (Å²) >= 11 is 0. The van der Waals surface area contributed by atoms with Gasteiger partial charge < -0.3 is 14.5 Å². The lowest BCUT2D eigenvalue weighted by Gasteiger charge is -2.35. The molecule has 0 radical (unpaired) electrons. The highest BCUT2D eigenvalue weighted by Crippen LogP contribution is 2.52. The molecule has 2 amide bonds. The van der Waals surface area contributed by atoms with Gasteiger partial charge in [0.2, 0.25) is 11.8 Å². The zero-order chi connectivity index (χ0) is 17.9. The first-order valence-corrected chi connectivity index (χ1v) is 9.88. The van der Waals surface area contributed by atoms with Gasteiger partial charge >= 0.3 is 0 Å². The smallest absolute Gasteiger partial charge is 0.228 e. The van der Waals surface area contributed by atoms with E-state index in [-0.39, 0.29) is 29.4 Å². The first-order chi connectivity index (χ1) is 12.5. The van der Waals surface area contributed by atoms with E-state index in [0.29, 0.717) is 19.5 Å². The minimum absolute atomic E-state index is 0.0972. The molecule has 5 rings (SSSR count). The largest absolute Gasteiger partial charge is 0.343 e. The van der Waals surface area contributed by atoms with Gasteiger partial charge in [-0.15, -0.1) is 0 Å². The van der Waals surface area contributed by atoms with E-state index in [0.717, 1.165) is 37.7 Å². The first-order valence-electron chi connectivity index (χ1n) is 9.88. The second-order valence-electron chi connectivity index (χ2n) is 8.60. The van der Waals surface area contributed by atoms with Gasteiger partial charge in [-0.25, -0.2) is 0 Å². The Bertz CT molecular complexity index is 743. The number of likely N-dealkylation sites (tertiary alicyclic amines) is 1. The van der Waals surface area contributed by atoms with Gasteiger partial charge in [0.1, 0.15) is 6.10 Å². The van der Waals surface area contributed by atoms with Crippen molar-refractivity contribution in [2.75, 3.05) is 13.1 Å². The summed E-state index contributed by atoms with van der Waals surface area (Å²) < 4.78 is 6.54. The Morgan fingerprint density at radius 2 is 1.88 bits per heavy atom. The van der Waals surface area contributed by atoms with Crippen molar-refractivity contribution in [2.24, 2.45) is 5.41 Å². The molecule has 4 aliphatic rings. The fourth-order valence-electron chi connectivity index (χ4n) is 5.62. The summed E-state index contributed by atoms with van der Waals surface area (Å²) in [5.74, 6) is 0.362. The normalized spacial score (nSPS) is 35.0. The molecule has 4 fully saturated rings. The van der Waals surface area contributed by atoms with Gasteiger partial charge in [0.05, 0.1) is 19.0 Å². The van der Waals surface area contributed by atoms with E-state index in [2.05, 4.69) is 19.1 Å². The summed E-state index contributed by atoms with van der Waals surface area (Å²) in [5, 5.41) is 0. The number of hydrogen-bond donors (Lipinski definition) is 0. The van der Waals surface area contributed by atoms with E-state index >= 15 is 0 Å². The topological polar surface area (TPSA) is 49.9 Å². The molecular weight excluding hydrogens is 328 g/mol. The monoisotopic (exact) mass is 354 g/mol. The van der Waals surface area contributed by atoms with E-state index in [1.165, 1.54) is 0 Å². The van der Waals surface area contributed by atoms with Crippen LogP contribution in [0.3, 0.4) is 0 Å². The van der Waals surface area contributed by atoms with Gasteiger partial charge in [-0.3, -0.25) is 9.59 Å². The van der Waals surface area contributed by atoms with E-state index in [1.807, 2.05) is 28.0 Å². The lowest BCUT2D eigenvalue weighted by atomic mass is 9.86. The molecule has 0 unspecified atom stereocenters. The Kier molecular flexibility index (Phi) is 3.48. The number of rotatable bonds is 2. The SMILES string of the molecule is CC1(C(=O)N2CC[C@@]34O[C@@H](c5ccccc5)CN3C(=O)C[C@@H]24)CCCC1. The van der Waals surface area contributed by atoms with Crippen LogP contribution in [0.5, 0.6) is 0 Å². The van der Waals surface area contributed by atoms with Crippen LogP contribution in [-0.4, -0.2) is 46.5 Å². The van der Waals surface area contributed by atoms with Crippen LogP contribution in [0.4, 0.5) is 0 Å². The number of carbonyl (C=O) groups is 2. The average molecular weight is 354 g/mol. The van der Waals surface area contributed by atoms with E-state index in [1.54, 1.807) is 0 Å². The molecule has 3 heterocycles. The zero-order valence-electron chi connectivity index (χ0n) is 15.3. The summed E-state index contributed by atoms with van der Waals surface area (Å²) in [4.78, 5) is 29.9. The van der Waals surface area contributed by atoms with Crippen molar-refractivity contribution < 1.29 is 14.3 Å². The predicted molar refractivity (Wildman–Crippen MR) is 96.0 cm³/mol. The third kappa shape index (κ3) is 2.13. The molecule has 1 aromatic rings. The maximum atomic E-state index is 13.3. The standard InChI is InChI=1S/C21H26N2O3/c1-20(9-5-6-10-20)19(25)22-12-11-21-17(22)13-18(24)23(21)14-16(26-21)15-7-3-2-4-8-15/h2-4,7-8,16-17H,5-6,9-14H2,1H3/t16-,17-,21+/m1/s1. The maximum absolute atomic E-state index is 13.3. The Hall–Kier alpha value is -1.88. The van der Waals surface area contributed by atoms with Crippen molar-refractivity contribution in [1.82, 2.24) is 9.80 Å². The number of ether oxygens (including phenoxy) is 1. The van der Waals surface area contributed by atoms with Gasteiger partial charge in [-0.2, -0.15) is 0 Å². The summed E-state index contributed by atoms with van der Waals surface area (Å²) in [7, 11) is 0. The fraction of sp³-hybridized carbons (Fsp3) is 0.619. The van der Waals surface area contributed by atoms with Crippen LogP contribution in [0.25, 0.3) is 0 Å². The number of nitrogens with zero attached hydrogens (tertiary/aromatic N) is 2. The molecule has 26 heavy (non-hydrogen) atoms. The van der Waals surface area contributed by atoms with Crippen molar-refractivity contribution in [2.45, 2.75) is 63.3 Å². The first kappa shape index (κ1) is 16.3. The molecule has 3 aliphatic heterocycles. The molecule has 5 nitrogen and oxygen atoms in total. The van der Waals surface area contributed by atoms with Gasteiger partial charge in [0.15, 0.2) is 5.72 Å². The lowest BCUT2D eigenvalue weighted by molar-refractivity contribution is -0.148. The van der Waals surface area contributed by atoms with Crippen LogP contribution in [0.15, 0.2) is 30.3 Å². The van der Waals surface area contributed by atoms with Crippen LogP contribution in [0, 0.1) is 5.41 Å². The number of amides is 2. The van der Waals surface area contributed by atoms with E-state index in [4.69, 9.17) is 4.74 Å². The van der Waals surface area contributed by atoms with Crippen molar-refractivity contribution in [3.05, 3.63) is 35.9 Å². The minimum atomic E-state index is -0.609. The molecule has 0 bridgehead atoms. The van der Waals surface area contributed by atoms with Crippen LogP contribution in [0.2, 0.25) is 0 Å². The highest BCUT2D eigenvalue weighted by Gasteiger charge is 2.65. The molecule has 3 atom stereocenters. The lowest BCUT2D eigenvalue weighted by Crippen LogP contribution is -2.51. The molecule has 1 aliphatic carbocycles. The summed E-state index contributed by atoms with van der Waals surface area (Å²) in [6.45, 7) is 3.40. The fourth-order valence-corrected chi connectivity index (χ4v) is 5.62. The van der Waals surface area contributed by atoms with Gasteiger partial charge in [-0.1, -0.05) is 50.1 Å². The highest BCUT2D eigenvalue weighted by molar-refractivity contribution is 5.87. The quantitative estimate of drug-likeness (QED) is 0.821. The van der Waals surface area contributed by atoms with Crippen molar-refractivity contribution in [1.29, 1.82) is 0 Å². The molecule has 138 valence electrons. The zero-order valence-corrected chi connectivity index (χ0v) is 15.3. The van der Waals surface area contributed by atoms with Gasteiger partial charge in [-0.05, 0) is 18.4 Å².